The van der Waals surface area contributed by atoms with Crippen LogP contribution < -0.4 is 14.7 Å². The van der Waals surface area contributed by atoms with Gasteiger partial charge < -0.3 is 9.88 Å². The van der Waals surface area contributed by atoms with Crippen molar-refractivity contribution in [3.05, 3.63) is 73.7 Å². The minimum absolute atomic E-state index is 0.0369. The molecule has 2 bridgehead atoms. The summed E-state index contributed by atoms with van der Waals surface area (Å²) >= 11 is 9.06. The molecule has 2 amide bonds. The van der Waals surface area contributed by atoms with Gasteiger partial charge in [0.25, 0.3) is 0 Å². The molecule has 3 heterocycles. The molecule has 6 nitrogen and oxygen atoms in total. The fraction of sp³-hybridized carbons (Fsp3) is 0.370. The van der Waals surface area contributed by atoms with Crippen LogP contribution in [0.15, 0.2) is 58.4 Å². The van der Waals surface area contributed by atoms with Crippen molar-refractivity contribution in [2.24, 2.45) is 29.6 Å². The van der Waals surface area contributed by atoms with Crippen LogP contribution in [0.25, 0.3) is 0 Å². The second-order valence-electron chi connectivity index (χ2n) is 10.4. The van der Waals surface area contributed by atoms with Crippen LogP contribution in [0.4, 0.5) is 11.4 Å². The first kappa shape index (κ1) is 22.6. The number of hydrogen-bond acceptors (Lipinski definition) is 6. The highest BCUT2D eigenvalue weighted by Gasteiger charge is 2.69. The predicted octanol–water partition coefficient (Wildman–Crippen LogP) is 4.83. The summed E-state index contributed by atoms with van der Waals surface area (Å²) in [5, 5.41) is 1.70. The highest BCUT2D eigenvalue weighted by Crippen LogP contribution is 2.68. The van der Waals surface area contributed by atoms with E-state index in [1.54, 1.807) is 36.0 Å². The highest BCUT2D eigenvalue weighted by atomic mass is 35.5. The smallest absolute Gasteiger partial charge is 0.305 e. The van der Waals surface area contributed by atoms with Crippen LogP contribution in [-0.2, 0) is 9.59 Å². The number of carbonyl (C=O) groups is 2. The summed E-state index contributed by atoms with van der Waals surface area (Å²) in [6.07, 6.45) is 0.884. The average Bonchev–Trinajstić information content (AvgIpc) is 3.59. The number of H-pyrrole nitrogens is 1. The van der Waals surface area contributed by atoms with Crippen LogP contribution in [0.1, 0.15) is 22.8 Å². The molecule has 184 valence electrons. The zero-order valence-electron chi connectivity index (χ0n) is 19.7. The number of thiazole rings is 1. The van der Waals surface area contributed by atoms with Gasteiger partial charge in [0.05, 0.1) is 22.5 Å². The zero-order valence-corrected chi connectivity index (χ0v) is 22.1. The Morgan fingerprint density at radius 1 is 0.944 bits per heavy atom. The van der Waals surface area contributed by atoms with Gasteiger partial charge in [-0.1, -0.05) is 35.1 Å². The number of aromatic amines is 1. The van der Waals surface area contributed by atoms with Crippen LogP contribution in [0.2, 0.25) is 5.02 Å². The van der Waals surface area contributed by atoms with E-state index in [1.165, 1.54) is 21.8 Å². The first-order valence-corrected chi connectivity index (χ1v) is 14.2. The van der Waals surface area contributed by atoms with Crippen LogP contribution in [-0.4, -0.2) is 36.1 Å². The monoisotopic (exact) mass is 537 g/mol. The highest BCUT2D eigenvalue weighted by molar-refractivity contribution is 8.00. The molecule has 2 aliphatic heterocycles. The summed E-state index contributed by atoms with van der Waals surface area (Å²) < 4.78 is 0. The predicted molar refractivity (Wildman–Crippen MR) is 143 cm³/mol. The van der Waals surface area contributed by atoms with E-state index in [2.05, 4.69) is 34.1 Å². The van der Waals surface area contributed by atoms with Crippen molar-refractivity contribution in [1.29, 1.82) is 0 Å². The van der Waals surface area contributed by atoms with Gasteiger partial charge in [0.1, 0.15) is 0 Å². The fourth-order valence-corrected chi connectivity index (χ4v) is 10.2. The Bertz CT molecular complexity index is 1450. The van der Waals surface area contributed by atoms with Crippen molar-refractivity contribution in [2.75, 3.05) is 23.9 Å². The van der Waals surface area contributed by atoms with Crippen molar-refractivity contribution >= 4 is 57.9 Å². The number of rotatable bonds is 3. The number of nitrogens with one attached hydrogen (secondary N) is 1. The molecule has 0 spiro atoms. The van der Waals surface area contributed by atoms with Gasteiger partial charge in [0.2, 0.25) is 11.8 Å². The summed E-state index contributed by atoms with van der Waals surface area (Å²) in [4.78, 5) is 47.4. The topological polar surface area (TPSA) is 73.5 Å². The Morgan fingerprint density at radius 2 is 1.61 bits per heavy atom. The lowest BCUT2D eigenvalue weighted by Crippen LogP contribution is -2.42. The largest absolute Gasteiger partial charge is 0.378 e. The van der Waals surface area contributed by atoms with Gasteiger partial charge in [-0.2, -0.15) is 0 Å². The molecule has 36 heavy (non-hydrogen) atoms. The second kappa shape index (κ2) is 7.97. The summed E-state index contributed by atoms with van der Waals surface area (Å²) in [6.45, 7) is 0. The molecule has 0 unspecified atom stereocenters. The van der Waals surface area contributed by atoms with E-state index < -0.39 is 0 Å². The minimum Gasteiger partial charge on any atom is -0.378 e. The van der Waals surface area contributed by atoms with Crippen molar-refractivity contribution in [3.8, 4) is 0 Å². The number of hydrogen-bond donors (Lipinski definition) is 1. The van der Waals surface area contributed by atoms with Crippen molar-refractivity contribution in [3.63, 3.8) is 0 Å². The van der Waals surface area contributed by atoms with Crippen LogP contribution >= 0.6 is 34.7 Å². The number of aromatic nitrogens is 1. The number of benzene rings is 2. The molecule has 2 aromatic carbocycles. The van der Waals surface area contributed by atoms with Crippen LogP contribution in [0.3, 0.4) is 0 Å². The average molecular weight is 538 g/mol. The van der Waals surface area contributed by atoms with Gasteiger partial charge in [0.15, 0.2) is 0 Å². The molecule has 9 heteroatoms. The van der Waals surface area contributed by atoms with Gasteiger partial charge in [-0.3, -0.25) is 19.3 Å². The Hall–Kier alpha value is -2.55. The van der Waals surface area contributed by atoms with Gasteiger partial charge in [0, 0.05) is 40.9 Å². The SMILES string of the molecule is CN(C)c1ccc([C@@H]2c3sc(=O)[nH]c3S[C@@H]3[C@H]4C[C@@H]([C@@H]5C(=O)N(c6ccc(Cl)cc6)C(=O)[C@@H]45)[C@H]23)cc1. The first-order chi connectivity index (χ1) is 17.3. The molecule has 1 aromatic heterocycles. The molecule has 2 aliphatic carbocycles. The molecule has 3 aromatic rings. The first-order valence-electron chi connectivity index (χ1n) is 12.1. The number of nitrogens with zero attached hydrogens (tertiary/aromatic N) is 2. The molecule has 3 fully saturated rings. The number of amides is 2. The molecule has 1 saturated heterocycles. The maximum absolute atomic E-state index is 13.8. The zero-order chi connectivity index (χ0) is 24.9. The van der Waals surface area contributed by atoms with Crippen molar-refractivity contribution in [1.82, 2.24) is 4.98 Å². The Labute approximate surface area is 221 Å². The van der Waals surface area contributed by atoms with Gasteiger partial charge in [-0.05, 0) is 66.1 Å². The van der Waals surface area contributed by atoms with Crippen molar-refractivity contribution in [2.45, 2.75) is 22.6 Å². The van der Waals surface area contributed by atoms with E-state index in [-0.39, 0.29) is 57.4 Å². The Morgan fingerprint density at radius 3 is 2.28 bits per heavy atom. The summed E-state index contributed by atoms with van der Waals surface area (Å²) in [5.41, 5.74) is 2.88. The molecule has 2 saturated carbocycles. The number of fused-ring (bicyclic) bond motifs is 9. The standard InChI is InChI=1S/C27H24ClN3O3S2/c1-30(2)14-7-3-12(4-8-14)18-19-16-11-17(22(19)35-24-23(18)36-27(34)29-24)21-20(16)25(32)31(26(21)33)15-9-5-13(28)6-10-15/h3-10,16-22H,11H2,1-2H3,(H,29,34)/t16-,17+,18+,19-,20+,21+,22-/m1/s1. The second-order valence-corrected chi connectivity index (χ2v) is 13.1. The molecule has 7 rings (SSSR count). The molecular formula is C27H24ClN3O3S2. The van der Waals surface area contributed by atoms with E-state index in [1.807, 2.05) is 14.1 Å². The lowest BCUT2D eigenvalue weighted by atomic mass is 9.68. The third-order valence-corrected chi connectivity index (χ3v) is 11.4. The Kier molecular flexibility index (Phi) is 5.01. The quantitative estimate of drug-likeness (QED) is 0.484. The maximum atomic E-state index is 13.8. The number of halogens is 1. The van der Waals surface area contributed by atoms with Gasteiger partial charge in [-0.25, -0.2) is 0 Å². The fourth-order valence-electron chi connectivity index (χ4n) is 7.21. The minimum atomic E-state index is -0.305. The number of thioether (sulfide) groups is 1. The number of carbonyl (C=O) groups excluding carboxylic acids is 2. The van der Waals surface area contributed by atoms with Crippen LogP contribution in [0.5, 0.6) is 0 Å². The van der Waals surface area contributed by atoms with E-state index in [0.717, 1.165) is 22.0 Å². The molecule has 7 atom stereocenters. The Balaban J connectivity index is 1.31. The summed E-state index contributed by atoms with van der Waals surface area (Å²) in [6, 6.07) is 15.5. The molecule has 0 radical (unpaired) electrons. The lowest BCUT2D eigenvalue weighted by molar-refractivity contribution is -0.123. The summed E-state index contributed by atoms with van der Waals surface area (Å²) in [5.74, 6) is -0.314. The maximum Gasteiger partial charge on any atom is 0.305 e. The number of imide groups is 1. The van der Waals surface area contributed by atoms with Crippen molar-refractivity contribution < 1.29 is 9.59 Å². The third kappa shape index (κ3) is 3.07. The molecule has 1 N–H and O–H groups in total. The van der Waals surface area contributed by atoms with Gasteiger partial charge >= 0.3 is 4.87 Å². The van der Waals surface area contributed by atoms with E-state index in [0.29, 0.717) is 10.7 Å². The lowest BCUT2D eigenvalue weighted by Gasteiger charge is -2.43. The normalized spacial score (nSPS) is 32.0. The molecule has 4 aliphatic rings. The van der Waals surface area contributed by atoms with E-state index in [9.17, 15) is 14.4 Å². The molecular weight excluding hydrogens is 514 g/mol. The van der Waals surface area contributed by atoms with E-state index >= 15 is 0 Å². The summed E-state index contributed by atoms with van der Waals surface area (Å²) in [7, 11) is 4.03. The van der Waals surface area contributed by atoms with Crippen LogP contribution in [0, 0.1) is 29.6 Å². The number of anilines is 2. The third-order valence-electron chi connectivity index (χ3n) is 8.58. The van der Waals surface area contributed by atoms with Gasteiger partial charge in [-0.15, -0.1) is 11.8 Å². The van der Waals surface area contributed by atoms with E-state index in [4.69, 9.17) is 11.6 Å².